The average Bonchev–Trinajstić information content (AvgIpc) is 2.46. The molecule has 1 aromatic rings. The maximum Gasteiger partial charge on any atom is 0.263 e. The number of ether oxygens (including phenoxy) is 1. The standard InChI is InChI=1S/C18H28N2O2.ClH/c1-13(17(21)20-10-6-8-15(19)12-20)22-16-9-5-7-14(11-16)18(2,3)4;/h5,7,9,11,13,15H,6,8,10,12,19H2,1-4H3;1H. The van der Waals surface area contributed by atoms with Crippen molar-refractivity contribution in [2.24, 2.45) is 5.73 Å². The lowest BCUT2D eigenvalue weighted by atomic mass is 9.87. The molecule has 1 aromatic carbocycles. The predicted molar refractivity (Wildman–Crippen MR) is 96.3 cm³/mol. The molecule has 5 heteroatoms. The Balaban J connectivity index is 0.00000264. The second-order valence-electron chi connectivity index (χ2n) is 7.22. The lowest BCUT2D eigenvalue weighted by molar-refractivity contribution is -0.139. The van der Waals surface area contributed by atoms with Gasteiger partial charge in [0.15, 0.2) is 6.10 Å². The molecule has 1 fully saturated rings. The quantitative estimate of drug-likeness (QED) is 0.919. The van der Waals surface area contributed by atoms with Gasteiger partial charge in [0.25, 0.3) is 5.91 Å². The molecule has 23 heavy (non-hydrogen) atoms. The van der Waals surface area contributed by atoms with Gasteiger partial charge in [-0.1, -0.05) is 32.9 Å². The summed E-state index contributed by atoms with van der Waals surface area (Å²) in [6, 6.07) is 8.08. The van der Waals surface area contributed by atoms with Crippen molar-refractivity contribution in [1.29, 1.82) is 0 Å². The molecule has 2 unspecified atom stereocenters. The smallest absolute Gasteiger partial charge is 0.263 e. The summed E-state index contributed by atoms with van der Waals surface area (Å²) in [5, 5.41) is 0. The van der Waals surface area contributed by atoms with Gasteiger partial charge in [0.05, 0.1) is 0 Å². The van der Waals surface area contributed by atoms with E-state index in [1.807, 2.05) is 30.0 Å². The molecular formula is C18H29ClN2O2. The van der Waals surface area contributed by atoms with Crippen LogP contribution in [-0.2, 0) is 10.2 Å². The highest BCUT2D eigenvalue weighted by Crippen LogP contribution is 2.26. The van der Waals surface area contributed by atoms with E-state index in [-0.39, 0.29) is 29.8 Å². The number of nitrogens with zero attached hydrogens (tertiary/aromatic N) is 1. The number of carbonyl (C=O) groups is 1. The zero-order chi connectivity index (χ0) is 16.3. The number of piperidine rings is 1. The van der Waals surface area contributed by atoms with Crippen molar-refractivity contribution in [3.05, 3.63) is 29.8 Å². The molecule has 0 aromatic heterocycles. The van der Waals surface area contributed by atoms with Crippen molar-refractivity contribution in [2.45, 2.75) is 58.1 Å². The first-order valence-corrected chi connectivity index (χ1v) is 8.09. The van der Waals surface area contributed by atoms with Crippen LogP contribution in [-0.4, -0.2) is 36.0 Å². The van der Waals surface area contributed by atoms with Gasteiger partial charge in [0, 0.05) is 19.1 Å². The Morgan fingerprint density at radius 3 is 2.70 bits per heavy atom. The highest BCUT2D eigenvalue weighted by Gasteiger charge is 2.26. The molecular weight excluding hydrogens is 312 g/mol. The van der Waals surface area contributed by atoms with E-state index in [2.05, 4.69) is 26.8 Å². The Morgan fingerprint density at radius 1 is 1.39 bits per heavy atom. The Bertz CT molecular complexity index is 528. The lowest BCUT2D eigenvalue weighted by Crippen LogP contribution is -2.49. The summed E-state index contributed by atoms with van der Waals surface area (Å²) in [4.78, 5) is 14.3. The molecule has 0 spiro atoms. The summed E-state index contributed by atoms with van der Waals surface area (Å²) in [6.45, 7) is 9.71. The number of benzene rings is 1. The van der Waals surface area contributed by atoms with Gasteiger partial charge in [-0.3, -0.25) is 4.79 Å². The van der Waals surface area contributed by atoms with E-state index >= 15 is 0 Å². The van der Waals surface area contributed by atoms with Crippen molar-refractivity contribution >= 4 is 18.3 Å². The first kappa shape index (κ1) is 19.8. The van der Waals surface area contributed by atoms with Crippen LogP contribution in [0, 0.1) is 0 Å². The summed E-state index contributed by atoms with van der Waals surface area (Å²) in [5.74, 6) is 0.769. The molecule has 1 aliphatic rings. The minimum atomic E-state index is -0.486. The number of hydrogen-bond donors (Lipinski definition) is 1. The molecule has 4 nitrogen and oxygen atoms in total. The van der Waals surface area contributed by atoms with Crippen molar-refractivity contribution in [2.75, 3.05) is 13.1 Å². The van der Waals surface area contributed by atoms with Gasteiger partial charge in [-0.05, 0) is 42.9 Å². The third-order valence-corrected chi connectivity index (χ3v) is 4.13. The molecule has 0 saturated carbocycles. The number of rotatable bonds is 3. The van der Waals surface area contributed by atoms with E-state index in [9.17, 15) is 4.79 Å². The Morgan fingerprint density at radius 2 is 2.09 bits per heavy atom. The summed E-state index contributed by atoms with van der Waals surface area (Å²) in [7, 11) is 0. The Kier molecular flexibility index (Phi) is 6.90. The highest BCUT2D eigenvalue weighted by atomic mass is 35.5. The van der Waals surface area contributed by atoms with Crippen LogP contribution in [0.1, 0.15) is 46.1 Å². The zero-order valence-corrected chi connectivity index (χ0v) is 15.4. The fourth-order valence-corrected chi connectivity index (χ4v) is 2.76. The predicted octanol–water partition coefficient (Wildman–Crippen LogP) is 3.12. The van der Waals surface area contributed by atoms with Gasteiger partial charge < -0.3 is 15.4 Å². The van der Waals surface area contributed by atoms with Crippen LogP contribution in [0.5, 0.6) is 5.75 Å². The summed E-state index contributed by atoms with van der Waals surface area (Å²) < 4.78 is 5.87. The van der Waals surface area contributed by atoms with E-state index in [1.165, 1.54) is 5.56 Å². The van der Waals surface area contributed by atoms with Gasteiger partial charge >= 0.3 is 0 Å². The Hall–Kier alpha value is -1.26. The normalized spacial score (nSPS) is 19.7. The number of carbonyl (C=O) groups excluding carboxylic acids is 1. The van der Waals surface area contributed by atoms with Crippen LogP contribution in [0.4, 0.5) is 0 Å². The maximum atomic E-state index is 12.5. The van der Waals surface area contributed by atoms with Crippen molar-refractivity contribution < 1.29 is 9.53 Å². The summed E-state index contributed by atoms with van der Waals surface area (Å²) in [5.41, 5.74) is 7.21. The topological polar surface area (TPSA) is 55.6 Å². The van der Waals surface area contributed by atoms with Crippen LogP contribution in [0.15, 0.2) is 24.3 Å². The third kappa shape index (κ3) is 5.40. The molecule has 1 aliphatic heterocycles. The Labute approximate surface area is 145 Å². The van der Waals surface area contributed by atoms with Crippen LogP contribution < -0.4 is 10.5 Å². The van der Waals surface area contributed by atoms with E-state index in [0.717, 1.165) is 25.1 Å². The molecule has 1 heterocycles. The molecule has 2 atom stereocenters. The second kappa shape index (κ2) is 8.02. The molecule has 1 amide bonds. The minimum Gasteiger partial charge on any atom is -0.481 e. The average molecular weight is 341 g/mol. The van der Waals surface area contributed by atoms with E-state index in [4.69, 9.17) is 10.5 Å². The molecule has 2 rings (SSSR count). The summed E-state index contributed by atoms with van der Waals surface area (Å²) >= 11 is 0. The van der Waals surface area contributed by atoms with Crippen LogP contribution >= 0.6 is 12.4 Å². The van der Waals surface area contributed by atoms with Crippen molar-refractivity contribution in [1.82, 2.24) is 4.90 Å². The molecule has 0 bridgehead atoms. The van der Waals surface area contributed by atoms with Gasteiger partial charge in [-0.25, -0.2) is 0 Å². The fourth-order valence-electron chi connectivity index (χ4n) is 2.76. The van der Waals surface area contributed by atoms with Crippen molar-refractivity contribution in [3.8, 4) is 5.75 Å². The van der Waals surface area contributed by atoms with Gasteiger partial charge in [-0.15, -0.1) is 12.4 Å². The lowest BCUT2D eigenvalue weighted by Gasteiger charge is -2.32. The second-order valence-corrected chi connectivity index (χ2v) is 7.22. The molecule has 0 radical (unpaired) electrons. The van der Waals surface area contributed by atoms with Gasteiger partial charge in [-0.2, -0.15) is 0 Å². The number of halogens is 1. The maximum absolute atomic E-state index is 12.5. The number of hydrogen-bond acceptors (Lipinski definition) is 3. The van der Waals surface area contributed by atoms with E-state index in [0.29, 0.717) is 6.54 Å². The largest absolute Gasteiger partial charge is 0.481 e. The SMILES string of the molecule is CC(Oc1cccc(C(C)(C)C)c1)C(=O)N1CCCC(N)C1.Cl. The van der Waals surface area contributed by atoms with Gasteiger partial charge in [0.2, 0.25) is 0 Å². The number of nitrogens with two attached hydrogens (primary N) is 1. The van der Waals surface area contributed by atoms with Crippen LogP contribution in [0.3, 0.4) is 0 Å². The third-order valence-electron chi connectivity index (χ3n) is 4.13. The monoisotopic (exact) mass is 340 g/mol. The summed E-state index contributed by atoms with van der Waals surface area (Å²) in [6.07, 6.45) is 1.48. The molecule has 0 aliphatic carbocycles. The van der Waals surface area contributed by atoms with E-state index < -0.39 is 6.10 Å². The zero-order valence-electron chi connectivity index (χ0n) is 14.5. The molecule has 130 valence electrons. The fraction of sp³-hybridized carbons (Fsp3) is 0.611. The highest BCUT2D eigenvalue weighted by molar-refractivity contribution is 5.85. The molecule has 2 N–H and O–H groups in total. The minimum absolute atomic E-state index is 0. The molecule has 1 saturated heterocycles. The first-order valence-electron chi connectivity index (χ1n) is 8.09. The number of likely N-dealkylation sites (tertiary alicyclic amines) is 1. The van der Waals surface area contributed by atoms with Crippen LogP contribution in [0.2, 0.25) is 0 Å². The first-order chi connectivity index (χ1) is 10.3. The van der Waals surface area contributed by atoms with Crippen LogP contribution in [0.25, 0.3) is 0 Å². The van der Waals surface area contributed by atoms with Crippen molar-refractivity contribution in [3.63, 3.8) is 0 Å². The van der Waals surface area contributed by atoms with Gasteiger partial charge in [0.1, 0.15) is 5.75 Å². The number of amides is 1. The van der Waals surface area contributed by atoms with E-state index in [1.54, 1.807) is 0 Å².